The summed E-state index contributed by atoms with van der Waals surface area (Å²) in [6.45, 7) is 0. The van der Waals surface area contributed by atoms with E-state index in [2.05, 4.69) is 0 Å². The lowest BCUT2D eigenvalue weighted by Crippen LogP contribution is -2.69. The quantitative estimate of drug-likeness (QED) is 0.272. The zero-order valence-electron chi connectivity index (χ0n) is 12.0. The van der Waals surface area contributed by atoms with Gasteiger partial charge in [-0.3, -0.25) is 0 Å². The van der Waals surface area contributed by atoms with Crippen LogP contribution in [-0.4, -0.2) is 47.4 Å². The fourth-order valence-corrected chi connectivity index (χ4v) is 3.20. The van der Waals surface area contributed by atoms with Crippen molar-refractivity contribution in [1.29, 1.82) is 0 Å². The molecule has 29 heavy (non-hydrogen) atoms. The topological polar surface area (TPSA) is 0 Å². The molecular formula is C8F20P+. The van der Waals surface area contributed by atoms with Crippen molar-refractivity contribution in [2.45, 2.75) is 47.4 Å². The first kappa shape index (κ1) is 28.0. The molecule has 0 radical (unpaired) electrons. The summed E-state index contributed by atoms with van der Waals surface area (Å²) in [6, 6.07) is 0. The Morgan fingerprint density at radius 1 is 0.310 bits per heavy atom. The Hall–Kier alpha value is -0.970. The molecule has 0 bridgehead atoms. The molecule has 0 heterocycles. The van der Waals surface area contributed by atoms with E-state index in [0.717, 1.165) is 0 Å². The van der Waals surface area contributed by atoms with Crippen molar-refractivity contribution in [3.05, 3.63) is 0 Å². The first-order valence-corrected chi connectivity index (χ1v) is 7.26. The number of alkyl halides is 18. The molecule has 0 atom stereocenters. The number of hydrogen-bond acceptors (Lipinski definition) is 0. The molecule has 0 spiro atoms. The van der Waals surface area contributed by atoms with Crippen LogP contribution in [0.15, 0.2) is 0 Å². The van der Waals surface area contributed by atoms with Gasteiger partial charge in [0, 0.05) is 0 Å². The fourth-order valence-electron chi connectivity index (χ4n) is 1.57. The first-order chi connectivity index (χ1) is 12.0. The van der Waals surface area contributed by atoms with E-state index in [-0.39, 0.29) is 0 Å². The maximum absolute atomic E-state index is 13.2. The highest BCUT2D eigenvalue weighted by molar-refractivity contribution is 7.68. The second-order valence-corrected chi connectivity index (χ2v) is 7.06. The van der Waals surface area contributed by atoms with Crippen molar-refractivity contribution in [1.82, 2.24) is 0 Å². The third-order valence-corrected chi connectivity index (χ3v) is 5.12. The van der Waals surface area contributed by atoms with Gasteiger partial charge >= 0.3 is 55.3 Å². The molecule has 0 unspecified atom stereocenters. The van der Waals surface area contributed by atoms with E-state index in [0.29, 0.717) is 0 Å². The molecule has 176 valence electrons. The minimum Gasteiger partial charge on any atom is -0.211 e. The van der Waals surface area contributed by atoms with Gasteiger partial charge in [0.15, 0.2) is 0 Å². The molecule has 0 nitrogen and oxygen atoms in total. The predicted octanol–water partition coefficient (Wildman–Crippen LogP) is 7.62. The average Bonchev–Trinajstić information content (AvgIpc) is 2.39. The van der Waals surface area contributed by atoms with Gasteiger partial charge in [0.1, 0.15) is 0 Å². The Balaban J connectivity index is 7.27. The van der Waals surface area contributed by atoms with Crippen LogP contribution < -0.4 is 0 Å². The maximum atomic E-state index is 13.2. The number of halogens is 20. The van der Waals surface area contributed by atoms with Crippen LogP contribution in [0, 0.1) is 0 Å². The molecule has 0 aliphatic carbocycles. The molecule has 0 saturated carbocycles. The van der Waals surface area contributed by atoms with Gasteiger partial charge in [-0.25, -0.2) is 8.78 Å². The van der Waals surface area contributed by atoms with E-state index < -0.39 is 55.3 Å². The van der Waals surface area contributed by atoms with Crippen molar-refractivity contribution in [2.24, 2.45) is 0 Å². The van der Waals surface area contributed by atoms with Gasteiger partial charge in [0.25, 0.3) is 0 Å². The lowest BCUT2D eigenvalue weighted by Gasteiger charge is -2.39. The van der Waals surface area contributed by atoms with Crippen molar-refractivity contribution in [3.63, 3.8) is 0 Å². The maximum Gasteiger partial charge on any atom is 0.535 e. The van der Waals surface area contributed by atoms with Gasteiger partial charge in [-0.15, -0.1) is 0 Å². The monoisotopic (exact) mass is 507 g/mol. The first-order valence-electron chi connectivity index (χ1n) is 5.69. The molecule has 0 saturated heterocycles. The number of rotatable bonds is 4. The zero-order chi connectivity index (χ0) is 24.5. The molecule has 0 aromatic heterocycles. The van der Waals surface area contributed by atoms with Crippen molar-refractivity contribution in [2.75, 3.05) is 0 Å². The van der Waals surface area contributed by atoms with Crippen LogP contribution in [0.2, 0.25) is 0 Å². The molecular weight excluding hydrogens is 507 g/mol. The van der Waals surface area contributed by atoms with E-state index in [1.807, 2.05) is 0 Å². The van der Waals surface area contributed by atoms with E-state index in [4.69, 9.17) is 0 Å². The Kier molecular flexibility index (Phi) is 6.29. The SMILES string of the molecule is FC(F)(F)C(F)(C(F)(F)F)C(F)(F)[P+](F)(F)C(F)(F)C(F)(C(F)(F)F)C(F)(F)F. The van der Waals surface area contributed by atoms with Crippen LogP contribution in [0.3, 0.4) is 0 Å². The van der Waals surface area contributed by atoms with Gasteiger partial charge in [0.2, 0.25) is 0 Å². The summed E-state index contributed by atoms with van der Waals surface area (Å²) in [5, 5.41) is 0. The normalized spacial score (nSPS) is 17.0. The summed E-state index contributed by atoms with van der Waals surface area (Å²) in [7, 11) is -10.8. The minimum atomic E-state index is -10.8. The molecule has 0 aliphatic heterocycles. The Morgan fingerprint density at radius 2 is 0.448 bits per heavy atom. The van der Waals surface area contributed by atoms with E-state index in [1.54, 1.807) is 0 Å². The molecule has 0 amide bonds. The van der Waals surface area contributed by atoms with Gasteiger partial charge in [-0.1, -0.05) is 0 Å². The van der Waals surface area contributed by atoms with Crippen LogP contribution >= 0.6 is 7.88 Å². The lowest BCUT2D eigenvalue weighted by atomic mass is 10.1. The summed E-state index contributed by atoms with van der Waals surface area (Å²) in [5.74, 6) is 0. The highest BCUT2D eigenvalue weighted by Gasteiger charge is 3.06. The largest absolute Gasteiger partial charge is 0.535 e. The molecule has 0 aliphatic rings. The Morgan fingerprint density at radius 3 is 0.552 bits per heavy atom. The van der Waals surface area contributed by atoms with Crippen LogP contribution in [-0.2, 0) is 0 Å². The summed E-state index contributed by atoms with van der Waals surface area (Å²) in [6.07, 6.45) is -33.3. The van der Waals surface area contributed by atoms with Gasteiger partial charge in [0.05, 0.1) is 0 Å². The molecule has 0 N–H and O–H groups in total. The van der Waals surface area contributed by atoms with Crippen LogP contribution in [0.25, 0.3) is 0 Å². The van der Waals surface area contributed by atoms with Crippen molar-refractivity contribution in [3.8, 4) is 0 Å². The summed E-state index contributed by atoms with van der Waals surface area (Å²) >= 11 is 0. The smallest absolute Gasteiger partial charge is 0.211 e. The van der Waals surface area contributed by atoms with Crippen molar-refractivity contribution < 1.29 is 87.4 Å². The lowest BCUT2D eigenvalue weighted by molar-refractivity contribution is -0.391. The predicted molar refractivity (Wildman–Crippen MR) is 50.9 cm³/mol. The summed E-state index contributed by atoms with van der Waals surface area (Å²) < 4.78 is 251. The van der Waals surface area contributed by atoms with Crippen molar-refractivity contribution >= 4 is 7.88 Å². The minimum absolute atomic E-state index is 8.33. The average molecular weight is 507 g/mol. The molecule has 0 aromatic rings. The second kappa shape index (κ2) is 6.51. The molecule has 21 heteroatoms. The van der Waals surface area contributed by atoms with Crippen LogP contribution in [0.5, 0.6) is 0 Å². The number of hydrogen-bond donors (Lipinski definition) is 0. The van der Waals surface area contributed by atoms with E-state index in [9.17, 15) is 87.4 Å². The van der Waals surface area contributed by atoms with Gasteiger partial charge in [-0.2, -0.15) is 70.2 Å². The van der Waals surface area contributed by atoms with Crippen LogP contribution in [0.1, 0.15) is 0 Å². The Bertz CT molecular complexity index is 518. The zero-order valence-corrected chi connectivity index (χ0v) is 12.9. The Labute approximate surface area is 144 Å². The molecule has 0 rings (SSSR count). The molecule has 0 fully saturated rings. The van der Waals surface area contributed by atoms with Gasteiger partial charge < -0.3 is 0 Å². The third-order valence-electron chi connectivity index (χ3n) is 3.10. The van der Waals surface area contributed by atoms with E-state index >= 15 is 0 Å². The highest BCUT2D eigenvalue weighted by atomic mass is 31.2. The summed E-state index contributed by atoms with van der Waals surface area (Å²) in [5.41, 5.74) is -35.6. The van der Waals surface area contributed by atoms with E-state index in [1.165, 1.54) is 0 Å². The second-order valence-electron chi connectivity index (χ2n) is 4.90. The van der Waals surface area contributed by atoms with Crippen LogP contribution in [0.4, 0.5) is 87.4 Å². The summed E-state index contributed by atoms with van der Waals surface area (Å²) in [4.78, 5) is 0. The third kappa shape index (κ3) is 3.36. The standard InChI is InChI=1S/C8F20P/c9-1(3(11,12)13,4(14,15)16)7(23,24)29(27,28)8(25,26)2(10,5(17,18)19)6(20,21)22/q+1. The fraction of sp³-hybridized carbons (Fsp3) is 1.00. The van der Waals surface area contributed by atoms with Gasteiger partial charge in [-0.05, 0) is 8.39 Å². The molecule has 0 aromatic carbocycles. The highest BCUT2D eigenvalue weighted by Crippen LogP contribution is 2.90.